The molecule has 7 heteroatoms. The van der Waals surface area contributed by atoms with Gasteiger partial charge in [-0.05, 0) is 42.3 Å². The van der Waals surface area contributed by atoms with E-state index in [9.17, 15) is 0 Å². The summed E-state index contributed by atoms with van der Waals surface area (Å²) in [5.41, 5.74) is 1.22. The molecule has 0 N–H and O–H groups in total. The molecule has 0 amide bonds. The van der Waals surface area contributed by atoms with Crippen molar-refractivity contribution in [1.29, 1.82) is 0 Å². The summed E-state index contributed by atoms with van der Waals surface area (Å²) in [6.45, 7) is 1.22. The number of benzene rings is 2. The topological polar surface area (TPSA) is 36.3 Å². The van der Waals surface area contributed by atoms with Crippen molar-refractivity contribution in [3.63, 3.8) is 0 Å². The molecule has 152 valence electrons. The molecule has 1 fully saturated rings. The Balaban J connectivity index is 1.41. The molecule has 1 aromatic heterocycles. The normalized spacial score (nSPS) is 21.5. The number of thioether (sulfide) groups is 1. The first-order valence-corrected chi connectivity index (χ1v) is 11.7. The number of hydrogen-bond donors (Lipinski definition) is 0. The van der Waals surface area contributed by atoms with E-state index < -0.39 is 5.79 Å². The lowest BCUT2D eigenvalue weighted by molar-refractivity contribution is -0.180. The fraction of sp³-hybridized carbons (Fsp3) is 0.318. The number of aromatic nitrogens is 2. The zero-order valence-electron chi connectivity index (χ0n) is 15.8. The van der Waals surface area contributed by atoms with Crippen LogP contribution in [0.2, 0.25) is 5.02 Å². The molecule has 2 heterocycles. The molecule has 0 bridgehead atoms. The highest BCUT2D eigenvalue weighted by Gasteiger charge is 2.41. The fourth-order valence-corrected chi connectivity index (χ4v) is 4.99. The van der Waals surface area contributed by atoms with E-state index in [-0.39, 0.29) is 6.10 Å². The van der Waals surface area contributed by atoms with Gasteiger partial charge in [0.15, 0.2) is 5.79 Å². The highest BCUT2D eigenvalue weighted by atomic mass is 79.9. The van der Waals surface area contributed by atoms with Crippen molar-refractivity contribution in [2.45, 2.75) is 36.2 Å². The van der Waals surface area contributed by atoms with Crippen LogP contribution in [0.15, 0.2) is 76.6 Å². The van der Waals surface area contributed by atoms with Crippen molar-refractivity contribution >= 4 is 39.3 Å². The number of ether oxygens (including phenoxy) is 2. The van der Waals surface area contributed by atoms with Gasteiger partial charge in [0.2, 0.25) is 0 Å². The Labute approximate surface area is 188 Å². The molecule has 2 unspecified atom stereocenters. The van der Waals surface area contributed by atoms with Crippen molar-refractivity contribution in [2.24, 2.45) is 0 Å². The van der Waals surface area contributed by atoms with Crippen LogP contribution in [0.4, 0.5) is 0 Å². The van der Waals surface area contributed by atoms with Crippen molar-refractivity contribution < 1.29 is 9.47 Å². The van der Waals surface area contributed by atoms with Gasteiger partial charge in [-0.2, -0.15) is 0 Å². The van der Waals surface area contributed by atoms with Crippen LogP contribution in [-0.2, 0) is 22.4 Å². The third-order valence-corrected chi connectivity index (χ3v) is 6.71. The molecule has 3 aromatic rings. The number of halogens is 2. The molecular weight excluding hydrogens is 472 g/mol. The molecule has 0 radical (unpaired) electrons. The summed E-state index contributed by atoms with van der Waals surface area (Å²) in [6, 6.07) is 16.3. The van der Waals surface area contributed by atoms with E-state index in [0.29, 0.717) is 13.2 Å². The maximum absolute atomic E-state index is 6.49. The lowest BCUT2D eigenvalue weighted by Gasteiger charge is -2.28. The first kappa shape index (κ1) is 20.9. The average molecular weight is 494 g/mol. The number of rotatable bonds is 8. The van der Waals surface area contributed by atoms with Gasteiger partial charge in [0.1, 0.15) is 0 Å². The Morgan fingerprint density at radius 3 is 2.86 bits per heavy atom. The second-order valence-electron chi connectivity index (χ2n) is 7.09. The minimum absolute atomic E-state index is 0.0488. The van der Waals surface area contributed by atoms with Gasteiger partial charge in [0.25, 0.3) is 0 Å². The van der Waals surface area contributed by atoms with Crippen LogP contribution in [0, 0.1) is 0 Å². The molecule has 1 aliphatic heterocycles. The van der Waals surface area contributed by atoms with Crippen LogP contribution in [0.5, 0.6) is 0 Å². The predicted molar refractivity (Wildman–Crippen MR) is 120 cm³/mol. The van der Waals surface area contributed by atoms with Crippen LogP contribution in [0.25, 0.3) is 0 Å². The summed E-state index contributed by atoms with van der Waals surface area (Å²) in [5, 5.41) is 0.750. The first-order chi connectivity index (χ1) is 14.1. The lowest BCUT2D eigenvalue weighted by Crippen LogP contribution is -2.37. The van der Waals surface area contributed by atoms with E-state index in [4.69, 9.17) is 21.1 Å². The summed E-state index contributed by atoms with van der Waals surface area (Å²) in [5.74, 6) is 0.200. The van der Waals surface area contributed by atoms with E-state index in [2.05, 4.69) is 45.2 Å². The highest BCUT2D eigenvalue weighted by Crippen LogP contribution is 2.33. The number of aryl methyl sites for hydroxylation is 1. The number of nitrogens with zero attached hydrogens (tertiary/aromatic N) is 2. The van der Waals surface area contributed by atoms with Gasteiger partial charge in [0.05, 0.1) is 25.6 Å². The molecule has 1 saturated heterocycles. The predicted octanol–water partition coefficient (Wildman–Crippen LogP) is 5.84. The molecule has 4 rings (SSSR count). The van der Waals surface area contributed by atoms with Gasteiger partial charge in [-0.25, -0.2) is 4.98 Å². The minimum atomic E-state index is -0.650. The first-order valence-electron chi connectivity index (χ1n) is 9.51. The van der Waals surface area contributed by atoms with Crippen molar-refractivity contribution in [2.75, 3.05) is 12.4 Å². The largest absolute Gasteiger partial charge is 0.345 e. The average Bonchev–Trinajstić information content (AvgIpc) is 3.37. The second-order valence-corrected chi connectivity index (χ2v) is 9.54. The van der Waals surface area contributed by atoms with Gasteiger partial charge >= 0.3 is 0 Å². The van der Waals surface area contributed by atoms with Crippen LogP contribution < -0.4 is 0 Å². The smallest absolute Gasteiger partial charge is 0.187 e. The van der Waals surface area contributed by atoms with E-state index in [0.717, 1.165) is 28.1 Å². The molecular formula is C22H22BrClN2O2S. The van der Waals surface area contributed by atoms with Gasteiger partial charge in [-0.3, -0.25) is 0 Å². The quantitative estimate of drug-likeness (QED) is 0.370. The van der Waals surface area contributed by atoms with Gasteiger partial charge < -0.3 is 14.0 Å². The standard InChI is InChI=1S/C22H22BrClN2O2S/c23-18-2-1-3-21(12-18)29-14-20-13-27-22(28-20,15-26-11-10-25-16-26)9-8-17-4-6-19(24)7-5-17/h1-7,10-12,16,20H,8-9,13-15H2. The zero-order valence-corrected chi connectivity index (χ0v) is 19.0. The van der Waals surface area contributed by atoms with E-state index in [1.165, 1.54) is 10.5 Å². The Hall–Kier alpha value is -1.31. The number of imidazole rings is 1. The minimum Gasteiger partial charge on any atom is -0.345 e. The van der Waals surface area contributed by atoms with Crippen LogP contribution in [-0.4, -0.2) is 33.8 Å². The van der Waals surface area contributed by atoms with Gasteiger partial charge in [-0.15, -0.1) is 11.8 Å². The Morgan fingerprint density at radius 1 is 1.24 bits per heavy atom. The molecule has 29 heavy (non-hydrogen) atoms. The molecule has 0 spiro atoms. The molecule has 0 saturated carbocycles. The summed E-state index contributed by atoms with van der Waals surface area (Å²) in [4.78, 5) is 5.37. The third-order valence-electron chi connectivity index (χ3n) is 4.84. The Bertz CT molecular complexity index is 923. The van der Waals surface area contributed by atoms with Crippen molar-refractivity contribution in [3.05, 3.63) is 82.3 Å². The van der Waals surface area contributed by atoms with Crippen LogP contribution in [0.3, 0.4) is 0 Å². The maximum Gasteiger partial charge on any atom is 0.187 e. The molecule has 0 aliphatic carbocycles. The monoisotopic (exact) mass is 492 g/mol. The molecule has 1 aliphatic rings. The third kappa shape index (κ3) is 5.86. The van der Waals surface area contributed by atoms with Gasteiger partial charge in [0, 0.05) is 39.0 Å². The summed E-state index contributed by atoms with van der Waals surface area (Å²) in [6.07, 6.45) is 7.21. The Kier molecular flexibility index (Phi) is 6.98. The van der Waals surface area contributed by atoms with Crippen LogP contribution >= 0.6 is 39.3 Å². The fourth-order valence-electron chi connectivity index (χ4n) is 3.38. The van der Waals surface area contributed by atoms with Crippen molar-refractivity contribution in [1.82, 2.24) is 9.55 Å². The Morgan fingerprint density at radius 2 is 2.10 bits per heavy atom. The maximum atomic E-state index is 6.49. The van der Waals surface area contributed by atoms with Crippen molar-refractivity contribution in [3.8, 4) is 0 Å². The molecule has 2 atom stereocenters. The van der Waals surface area contributed by atoms with Crippen LogP contribution in [0.1, 0.15) is 12.0 Å². The van der Waals surface area contributed by atoms with Gasteiger partial charge in [-0.1, -0.05) is 45.7 Å². The van der Waals surface area contributed by atoms with E-state index in [1.54, 1.807) is 24.3 Å². The number of hydrogen-bond acceptors (Lipinski definition) is 4. The zero-order chi connectivity index (χ0) is 20.1. The second kappa shape index (κ2) is 9.67. The molecule has 4 nitrogen and oxygen atoms in total. The molecule has 2 aromatic carbocycles. The summed E-state index contributed by atoms with van der Waals surface area (Å²) >= 11 is 11.3. The SMILES string of the molecule is Clc1ccc(CCC2(Cn3ccnc3)OCC(CSc3cccc(Br)c3)O2)cc1. The van der Waals surface area contributed by atoms with E-state index >= 15 is 0 Å². The lowest BCUT2D eigenvalue weighted by atomic mass is 10.0. The summed E-state index contributed by atoms with van der Waals surface area (Å²) in [7, 11) is 0. The highest BCUT2D eigenvalue weighted by molar-refractivity contribution is 9.10. The van der Waals surface area contributed by atoms with E-state index in [1.807, 2.05) is 35.0 Å². The summed E-state index contributed by atoms with van der Waals surface area (Å²) < 4.78 is 15.9.